The fourth-order valence-electron chi connectivity index (χ4n) is 5.09. The molecular weight excluding hydrogens is 579 g/mol. The second-order valence-electron chi connectivity index (χ2n) is 11.8. The molecule has 0 bridgehead atoms. The average Bonchev–Trinajstić information content (AvgIpc) is 3.70. The van der Waals surface area contributed by atoms with E-state index in [2.05, 4.69) is 37.2 Å². The number of nitrogens with zero attached hydrogens (tertiary/aromatic N) is 4. The minimum absolute atomic E-state index is 0.0460. The molecule has 3 heterocycles. The Morgan fingerprint density at radius 1 is 1.20 bits per heavy atom. The minimum Gasteiger partial charge on any atom is -0.444 e. The molecular formula is C32H39FN8O4. The number of H-pyrrole nitrogens is 1. The molecule has 1 saturated heterocycles. The number of hydrogen-bond donors (Lipinski definition) is 4. The zero-order valence-electron chi connectivity index (χ0n) is 25.8. The maximum Gasteiger partial charge on any atom is 0.407 e. The number of alkyl carbamates (subject to hydrolysis) is 1. The number of aromatic nitrogens is 3. The fourth-order valence-corrected chi connectivity index (χ4v) is 5.09. The van der Waals surface area contributed by atoms with Crippen LogP contribution in [0.3, 0.4) is 0 Å². The molecule has 0 aliphatic carbocycles. The molecule has 0 spiro atoms. The maximum atomic E-state index is 13.7. The van der Waals surface area contributed by atoms with Crippen molar-refractivity contribution >= 4 is 23.7 Å². The van der Waals surface area contributed by atoms with Crippen LogP contribution < -0.4 is 16.0 Å². The van der Waals surface area contributed by atoms with Crippen LogP contribution in [0, 0.1) is 17.1 Å². The molecule has 1 aliphatic heterocycles. The lowest BCUT2D eigenvalue weighted by Gasteiger charge is -2.25. The highest BCUT2D eigenvalue weighted by Gasteiger charge is 2.29. The van der Waals surface area contributed by atoms with Crippen molar-refractivity contribution in [2.45, 2.75) is 64.5 Å². The van der Waals surface area contributed by atoms with Crippen molar-refractivity contribution in [1.82, 2.24) is 30.7 Å². The number of ether oxygens (including phenoxy) is 1. The molecule has 12 nitrogen and oxygen atoms in total. The van der Waals surface area contributed by atoms with Crippen molar-refractivity contribution in [3.05, 3.63) is 65.2 Å². The highest BCUT2D eigenvalue weighted by atomic mass is 19.1. The molecule has 13 heteroatoms. The largest absolute Gasteiger partial charge is 0.444 e. The predicted octanol–water partition coefficient (Wildman–Crippen LogP) is 4.16. The van der Waals surface area contributed by atoms with E-state index in [1.807, 2.05) is 6.07 Å². The van der Waals surface area contributed by atoms with Gasteiger partial charge >= 0.3 is 6.09 Å². The van der Waals surface area contributed by atoms with Gasteiger partial charge in [0.25, 0.3) is 5.91 Å². The quantitative estimate of drug-likeness (QED) is 0.220. The van der Waals surface area contributed by atoms with Crippen LogP contribution in [0.4, 0.5) is 15.0 Å². The standard InChI is InChI=1S/C32H39FN8O4/c1-32(2,3)45-31(44)36-12-5-10-27(42)41-14-6-9-25(41)20-37-30(43)26-16-22(17-34)28(23-18-38-39-19-23)40-29(26)35-13-11-21-7-4-8-24(33)15-21/h4,7-8,15-16,18-19,25H,5-6,9-14,20H2,1-3H3,(H,35,40)(H,36,44)(H,37,43)(H,38,39)/t25-/m1/s1. The first-order chi connectivity index (χ1) is 21.5. The Morgan fingerprint density at radius 2 is 2.02 bits per heavy atom. The number of likely N-dealkylation sites (tertiary alicyclic amines) is 1. The average molecular weight is 619 g/mol. The number of benzene rings is 1. The highest BCUT2D eigenvalue weighted by Crippen LogP contribution is 2.26. The van der Waals surface area contributed by atoms with Crippen molar-refractivity contribution in [3.8, 4) is 17.3 Å². The van der Waals surface area contributed by atoms with Crippen LogP contribution in [-0.2, 0) is 16.0 Å². The summed E-state index contributed by atoms with van der Waals surface area (Å²) in [6.07, 6.45) is 5.38. The number of carbonyl (C=O) groups excluding carboxylic acids is 3. The molecule has 0 saturated carbocycles. The molecule has 0 radical (unpaired) electrons. The van der Waals surface area contributed by atoms with E-state index < -0.39 is 17.6 Å². The number of nitrogens with one attached hydrogen (secondary N) is 4. The van der Waals surface area contributed by atoms with Gasteiger partial charge in [-0.3, -0.25) is 14.7 Å². The third-order valence-corrected chi connectivity index (χ3v) is 7.19. The van der Waals surface area contributed by atoms with Gasteiger partial charge in [0, 0.05) is 50.4 Å². The Morgan fingerprint density at radius 3 is 2.73 bits per heavy atom. The third kappa shape index (κ3) is 9.50. The summed E-state index contributed by atoms with van der Waals surface area (Å²) in [5.41, 5.74) is 1.53. The van der Waals surface area contributed by atoms with E-state index in [4.69, 9.17) is 4.74 Å². The normalized spacial score (nSPS) is 14.5. The van der Waals surface area contributed by atoms with Crippen LogP contribution in [-0.4, -0.2) is 75.8 Å². The van der Waals surface area contributed by atoms with Gasteiger partial charge in [0.2, 0.25) is 5.91 Å². The zero-order valence-corrected chi connectivity index (χ0v) is 25.8. The lowest BCUT2D eigenvalue weighted by atomic mass is 10.1. The molecule has 1 atom stereocenters. The Hall–Kier alpha value is -4.99. The third-order valence-electron chi connectivity index (χ3n) is 7.19. The molecule has 1 aromatic carbocycles. The summed E-state index contributed by atoms with van der Waals surface area (Å²) in [6, 6.07) is 9.70. The van der Waals surface area contributed by atoms with Crippen molar-refractivity contribution in [3.63, 3.8) is 0 Å². The molecule has 1 fully saturated rings. The van der Waals surface area contributed by atoms with E-state index in [1.54, 1.807) is 44.1 Å². The van der Waals surface area contributed by atoms with Crippen molar-refractivity contribution in [2.75, 3.05) is 31.5 Å². The van der Waals surface area contributed by atoms with E-state index in [9.17, 15) is 24.0 Å². The number of halogens is 1. The first-order valence-electron chi connectivity index (χ1n) is 15.0. The van der Waals surface area contributed by atoms with Crippen LogP contribution in [0.1, 0.15) is 67.9 Å². The molecule has 4 rings (SSSR count). The van der Waals surface area contributed by atoms with Gasteiger partial charge in [-0.15, -0.1) is 0 Å². The molecule has 2 aromatic heterocycles. The summed E-state index contributed by atoms with van der Waals surface area (Å²) in [7, 11) is 0. The highest BCUT2D eigenvalue weighted by molar-refractivity contribution is 6.00. The van der Waals surface area contributed by atoms with E-state index in [0.717, 1.165) is 18.4 Å². The molecule has 238 valence electrons. The number of anilines is 1. The Bertz CT molecular complexity index is 1530. The monoisotopic (exact) mass is 618 g/mol. The Labute approximate surface area is 261 Å². The second kappa shape index (κ2) is 15.1. The van der Waals surface area contributed by atoms with Crippen LogP contribution in [0.2, 0.25) is 0 Å². The van der Waals surface area contributed by atoms with Crippen molar-refractivity contribution in [2.24, 2.45) is 0 Å². The first kappa shape index (κ1) is 32.9. The number of pyridine rings is 1. The number of amides is 3. The molecule has 45 heavy (non-hydrogen) atoms. The summed E-state index contributed by atoms with van der Waals surface area (Å²) in [5, 5.41) is 25.3. The van der Waals surface area contributed by atoms with Gasteiger partial charge in [-0.2, -0.15) is 10.4 Å². The lowest BCUT2D eigenvalue weighted by molar-refractivity contribution is -0.132. The fraction of sp³-hybridized carbons (Fsp3) is 0.438. The topological polar surface area (TPSA) is 165 Å². The summed E-state index contributed by atoms with van der Waals surface area (Å²) in [4.78, 5) is 44.7. The number of aromatic amines is 1. The lowest BCUT2D eigenvalue weighted by Crippen LogP contribution is -2.43. The summed E-state index contributed by atoms with van der Waals surface area (Å²) in [5.74, 6) is -0.540. The van der Waals surface area contributed by atoms with Crippen LogP contribution >= 0.6 is 0 Å². The molecule has 0 unspecified atom stereocenters. The van der Waals surface area contributed by atoms with Gasteiger partial charge in [-0.05, 0) is 70.2 Å². The van der Waals surface area contributed by atoms with Gasteiger partial charge in [-0.25, -0.2) is 14.2 Å². The summed E-state index contributed by atoms with van der Waals surface area (Å²) in [6.45, 7) is 6.84. The summed E-state index contributed by atoms with van der Waals surface area (Å²) < 4.78 is 18.9. The van der Waals surface area contributed by atoms with E-state index in [1.165, 1.54) is 18.2 Å². The van der Waals surface area contributed by atoms with Crippen molar-refractivity contribution < 1.29 is 23.5 Å². The smallest absolute Gasteiger partial charge is 0.407 e. The second-order valence-corrected chi connectivity index (χ2v) is 11.8. The number of hydrogen-bond acceptors (Lipinski definition) is 8. The van der Waals surface area contributed by atoms with Gasteiger partial charge < -0.3 is 25.6 Å². The SMILES string of the molecule is CC(C)(C)OC(=O)NCCCC(=O)N1CCC[C@@H]1CNC(=O)c1cc(C#N)c(-c2cn[nH]c2)nc1NCCc1cccc(F)c1. The molecule has 3 aromatic rings. The van der Waals surface area contributed by atoms with Crippen LogP contribution in [0.5, 0.6) is 0 Å². The van der Waals surface area contributed by atoms with Gasteiger partial charge in [0.05, 0.1) is 23.0 Å². The number of rotatable bonds is 12. The van der Waals surface area contributed by atoms with Crippen molar-refractivity contribution in [1.29, 1.82) is 5.26 Å². The molecule has 1 aliphatic rings. The Balaban J connectivity index is 1.39. The van der Waals surface area contributed by atoms with E-state index in [0.29, 0.717) is 43.7 Å². The molecule has 4 N–H and O–H groups in total. The van der Waals surface area contributed by atoms with Crippen LogP contribution in [0.15, 0.2) is 42.7 Å². The molecule has 3 amide bonds. The predicted molar refractivity (Wildman–Crippen MR) is 166 cm³/mol. The van der Waals surface area contributed by atoms with Gasteiger partial charge in [0.1, 0.15) is 23.3 Å². The van der Waals surface area contributed by atoms with Gasteiger partial charge in [0.15, 0.2) is 0 Å². The summed E-state index contributed by atoms with van der Waals surface area (Å²) >= 11 is 0. The number of nitriles is 1. The first-order valence-corrected chi connectivity index (χ1v) is 15.0. The Kier molecular flexibility index (Phi) is 11.1. The minimum atomic E-state index is -0.596. The zero-order chi connectivity index (χ0) is 32.4. The number of carbonyl (C=O) groups is 3. The maximum absolute atomic E-state index is 13.7. The van der Waals surface area contributed by atoms with E-state index in [-0.39, 0.29) is 47.7 Å². The van der Waals surface area contributed by atoms with Crippen LogP contribution in [0.25, 0.3) is 11.3 Å². The van der Waals surface area contributed by atoms with Gasteiger partial charge in [-0.1, -0.05) is 12.1 Å². The van der Waals surface area contributed by atoms with E-state index >= 15 is 0 Å².